The maximum absolute atomic E-state index is 11.6. The Bertz CT molecular complexity index is 576. The quantitative estimate of drug-likeness (QED) is 0.879. The summed E-state index contributed by atoms with van der Waals surface area (Å²) < 4.78 is 5.91. The summed E-state index contributed by atoms with van der Waals surface area (Å²) in [4.78, 5) is 13.4. The van der Waals surface area contributed by atoms with Gasteiger partial charge in [0.1, 0.15) is 0 Å². The van der Waals surface area contributed by atoms with E-state index >= 15 is 0 Å². The van der Waals surface area contributed by atoms with E-state index in [0.29, 0.717) is 25.2 Å². The molecule has 0 aliphatic carbocycles. The first-order valence-corrected chi connectivity index (χ1v) is 8.82. The third-order valence-corrected chi connectivity index (χ3v) is 5.15. The Labute approximate surface area is 143 Å². The summed E-state index contributed by atoms with van der Waals surface area (Å²) in [5.41, 5.74) is 2.30. The minimum Gasteiger partial charge on any atom is -0.394 e. The van der Waals surface area contributed by atoms with E-state index in [2.05, 4.69) is 12.1 Å². The molecule has 1 aromatic rings. The van der Waals surface area contributed by atoms with Gasteiger partial charge in [0.15, 0.2) is 0 Å². The van der Waals surface area contributed by atoms with Gasteiger partial charge >= 0.3 is 0 Å². The lowest BCUT2D eigenvalue weighted by Crippen LogP contribution is -2.37. The Kier molecular flexibility index (Phi) is 5.54. The Balaban J connectivity index is 1.66. The highest BCUT2D eigenvalue weighted by Gasteiger charge is 2.29. The fourth-order valence-electron chi connectivity index (χ4n) is 3.84. The maximum Gasteiger partial charge on any atom is 0.222 e. The van der Waals surface area contributed by atoms with Crippen LogP contribution in [0.1, 0.15) is 42.9 Å². The van der Waals surface area contributed by atoms with E-state index < -0.39 is 6.10 Å². The average molecular weight is 333 g/mol. The standard InChI is InChI=1S/C19H27NO4/c1-20-11-14(5-6-19(20)23)7-13-3-2-4-15(8-13)18-10-16(22)9-17(12-21)24-18/h2-4,8,14,16-18,21-22H,5-7,9-12H2,1H3. The van der Waals surface area contributed by atoms with Crippen LogP contribution in [0.5, 0.6) is 0 Å². The maximum atomic E-state index is 11.6. The number of nitrogens with zero attached hydrogens (tertiary/aromatic N) is 1. The molecule has 0 saturated carbocycles. The molecule has 24 heavy (non-hydrogen) atoms. The lowest BCUT2D eigenvalue weighted by Gasteiger charge is -2.33. The second kappa shape index (κ2) is 7.64. The molecule has 4 atom stereocenters. The van der Waals surface area contributed by atoms with Gasteiger partial charge in [-0.15, -0.1) is 0 Å². The number of likely N-dealkylation sites (tertiary alicyclic amines) is 1. The van der Waals surface area contributed by atoms with Gasteiger partial charge in [0.05, 0.1) is 24.9 Å². The largest absolute Gasteiger partial charge is 0.394 e. The molecule has 2 saturated heterocycles. The van der Waals surface area contributed by atoms with Gasteiger partial charge in [0.2, 0.25) is 5.91 Å². The molecule has 0 aromatic heterocycles. The van der Waals surface area contributed by atoms with E-state index in [9.17, 15) is 15.0 Å². The van der Waals surface area contributed by atoms with Gasteiger partial charge < -0.3 is 19.8 Å². The van der Waals surface area contributed by atoms with Crippen molar-refractivity contribution in [3.8, 4) is 0 Å². The van der Waals surface area contributed by atoms with Gasteiger partial charge in [-0.2, -0.15) is 0 Å². The molecular formula is C19H27NO4. The van der Waals surface area contributed by atoms with Crippen molar-refractivity contribution in [2.45, 2.75) is 50.4 Å². The fraction of sp³-hybridized carbons (Fsp3) is 0.632. The summed E-state index contributed by atoms with van der Waals surface area (Å²) in [6, 6.07) is 8.31. The molecule has 1 amide bonds. The van der Waals surface area contributed by atoms with Crippen molar-refractivity contribution in [2.75, 3.05) is 20.2 Å². The van der Waals surface area contributed by atoms with Crippen LogP contribution in [0, 0.1) is 5.92 Å². The normalized spacial score (nSPS) is 31.3. The predicted octanol–water partition coefficient (Wildman–Crippen LogP) is 1.67. The summed E-state index contributed by atoms with van der Waals surface area (Å²) in [5, 5.41) is 19.3. The topological polar surface area (TPSA) is 70.0 Å². The van der Waals surface area contributed by atoms with Crippen LogP contribution in [0.3, 0.4) is 0 Å². The number of amides is 1. The molecule has 5 nitrogen and oxygen atoms in total. The van der Waals surface area contributed by atoms with Crippen LogP contribution in [-0.2, 0) is 16.0 Å². The summed E-state index contributed by atoms with van der Waals surface area (Å²) >= 11 is 0. The van der Waals surface area contributed by atoms with Gasteiger partial charge in [0.25, 0.3) is 0 Å². The lowest BCUT2D eigenvalue weighted by atomic mass is 9.89. The molecule has 0 spiro atoms. The van der Waals surface area contributed by atoms with E-state index in [1.165, 1.54) is 5.56 Å². The van der Waals surface area contributed by atoms with E-state index in [-0.39, 0.29) is 24.7 Å². The SMILES string of the molecule is CN1CC(Cc2cccc(C3CC(O)CC(CO)O3)c2)CCC1=O. The van der Waals surface area contributed by atoms with E-state index in [4.69, 9.17) is 4.74 Å². The first-order chi connectivity index (χ1) is 11.5. The number of piperidine rings is 1. The third-order valence-electron chi connectivity index (χ3n) is 5.15. The highest BCUT2D eigenvalue weighted by molar-refractivity contribution is 5.76. The molecule has 2 N–H and O–H groups in total. The van der Waals surface area contributed by atoms with Crippen molar-refractivity contribution in [3.63, 3.8) is 0 Å². The molecule has 2 heterocycles. The van der Waals surface area contributed by atoms with Gasteiger partial charge in [-0.3, -0.25) is 4.79 Å². The fourth-order valence-corrected chi connectivity index (χ4v) is 3.84. The van der Waals surface area contributed by atoms with Crippen LogP contribution in [0.25, 0.3) is 0 Å². The van der Waals surface area contributed by atoms with E-state index in [0.717, 1.165) is 24.9 Å². The molecule has 2 aliphatic rings. The van der Waals surface area contributed by atoms with Crippen molar-refractivity contribution >= 4 is 5.91 Å². The highest BCUT2D eigenvalue weighted by Crippen LogP contribution is 2.32. The minimum absolute atomic E-state index is 0.0598. The van der Waals surface area contributed by atoms with E-state index in [1.807, 2.05) is 24.1 Å². The van der Waals surface area contributed by atoms with Crippen molar-refractivity contribution in [2.24, 2.45) is 5.92 Å². The monoisotopic (exact) mass is 333 g/mol. The number of aliphatic hydroxyl groups is 2. The van der Waals surface area contributed by atoms with Crippen LogP contribution < -0.4 is 0 Å². The van der Waals surface area contributed by atoms with Crippen molar-refractivity contribution < 1.29 is 19.7 Å². The zero-order valence-electron chi connectivity index (χ0n) is 14.2. The van der Waals surface area contributed by atoms with Gasteiger partial charge in [-0.25, -0.2) is 0 Å². The second-order valence-corrected chi connectivity index (χ2v) is 7.18. The molecule has 3 rings (SSSR count). The summed E-state index contributed by atoms with van der Waals surface area (Å²) in [6.07, 6.45) is 2.71. The zero-order chi connectivity index (χ0) is 17.1. The Hall–Kier alpha value is -1.43. The van der Waals surface area contributed by atoms with Gasteiger partial charge in [-0.1, -0.05) is 24.3 Å². The zero-order valence-corrected chi connectivity index (χ0v) is 14.2. The molecule has 2 fully saturated rings. The average Bonchev–Trinajstić information content (AvgIpc) is 2.58. The van der Waals surface area contributed by atoms with Crippen LogP contribution in [0.4, 0.5) is 0 Å². The van der Waals surface area contributed by atoms with Crippen molar-refractivity contribution in [1.29, 1.82) is 0 Å². The molecule has 132 valence electrons. The number of hydrogen-bond acceptors (Lipinski definition) is 4. The molecule has 4 unspecified atom stereocenters. The summed E-state index contributed by atoms with van der Waals surface area (Å²) in [7, 11) is 1.87. The molecule has 0 bridgehead atoms. The number of ether oxygens (including phenoxy) is 1. The van der Waals surface area contributed by atoms with Crippen molar-refractivity contribution in [3.05, 3.63) is 35.4 Å². The Morgan fingerprint density at radius 2 is 2.17 bits per heavy atom. The smallest absolute Gasteiger partial charge is 0.222 e. The number of aliphatic hydroxyl groups excluding tert-OH is 2. The number of benzene rings is 1. The summed E-state index contributed by atoms with van der Waals surface area (Å²) in [5.74, 6) is 0.727. The minimum atomic E-state index is -0.428. The molecule has 1 aromatic carbocycles. The molecule has 0 radical (unpaired) electrons. The van der Waals surface area contributed by atoms with Crippen LogP contribution >= 0.6 is 0 Å². The first kappa shape index (κ1) is 17.4. The molecule has 5 heteroatoms. The van der Waals surface area contributed by atoms with E-state index in [1.54, 1.807) is 0 Å². The number of rotatable bonds is 4. The number of hydrogen-bond donors (Lipinski definition) is 2. The third kappa shape index (κ3) is 4.15. The molecule has 2 aliphatic heterocycles. The highest BCUT2D eigenvalue weighted by atomic mass is 16.5. The number of carbonyl (C=O) groups excluding carboxylic acids is 1. The number of carbonyl (C=O) groups is 1. The van der Waals surface area contributed by atoms with Crippen LogP contribution in [0.15, 0.2) is 24.3 Å². The molecular weight excluding hydrogens is 306 g/mol. The van der Waals surface area contributed by atoms with Crippen LogP contribution in [-0.4, -0.2) is 53.4 Å². The summed E-state index contributed by atoms with van der Waals surface area (Å²) in [6.45, 7) is 0.754. The van der Waals surface area contributed by atoms with Gasteiger partial charge in [-0.05, 0) is 29.9 Å². The van der Waals surface area contributed by atoms with Gasteiger partial charge in [0, 0.05) is 32.9 Å². The Morgan fingerprint density at radius 3 is 2.92 bits per heavy atom. The Morgan fingerprint density at radius 1 is 1.33 bits per heavy atom. The second-order valence-electron chi connectivity index (χ2n) is 7.18. The van der Waals surface area contributed by atoms with Crippen molar-refractivity contribution in [1.82, 2.24) is 4.90 Å². The lowest BCUT2D eigenvalue weighted by molar-refractivity contribution is -0.133. The first-order valence-electron chi connectivity index (χ1n) is 8.82. The predicted molar refractivity (Wildman–Crippen MR) is 90.4 cm³/mol. The van der Waals surface area contributed by atoms with Crippen LogP contribution in [0.2, 0.25) is 0 Å².